The van der Waals surface area contributed by atoms with Crippen LogP contribution < -0.4 is 4.74 Å². The van der Waals surface area contributed by atoms with Gasteiger partial charge < -0.3 is 9.47 Å². The summed E-state index contributed by atoms with van der Waals surface area (Å²) in [4.78, 5) is 11.4. The van der Waals surface area contributed by atoms with Crippen LogP contribution in [0.25, 0.3) is 0 Å². The fourth-order valence-electron chi connectivity index (χ4n) is 1.06. The second-order valence-corrected chi connectivity index (χ2v) is 3.04. The highest BCUT2D eigenvalue weighted by molar-refractivity contribution is 5.91. The first-order valence-corrected chi connectivity index (χ1v) is 5.12. The van der Waals surface area contributed by atoms with Crippen LogP contribution in [0.2, 0.25) is 0 Å². The van der Waals surface area contributed by atoms with Gasteiger partial charge in [0.05, 0.1) is 19.4 Å². The van der Waals surface area contributed by atoms with Crippen molar-refractivity contribution >= 4 is 5.97 Å². The normalized spacial score (nSPS) is 10.0. The van der Waals surface area contributed by atoms with Crippen LogP contribution >= 0.6 is 0 Å². The highest BCUT2D eigenvalue weighted by Crippen LogP contribution is 2.15. The van der Waals surface area contributed by atoms with E-state index in [1.54, 1.807) is 6.92 Å². The molecule has 0 aromatic carbocycles. The van der Waals surface area contributed by atoms with E-state index in [0.29, 0.717) is 24.7 Å². The molecule has 1 rings (SSSR count). The molecule has 5 nitrogen and oxygen atoms in total. The quantitative estimate of drug-likeness (QED) is 0.576. The largest absolute Gasteiger partial charge is 0.477 e. The molecule has 15 heavy (non-hydrogen) atoms. The lowest BCUT2D eigenvalue weighted by atomic mass is 10.3. The van der Waals surface area contributed by atoms with Gasteiger partial charge in [-0.1, -0.05) is 13.3 Å². The molecule has 84 valence electrons. The smallest absolute Gasteiger partial charge is 0.345 e. The molecule has 0 aliphatic carbocycles. The number of ether oxygens (including phenoxy) is 2. The summed E-state index contributed by atoms with van der Waals surface area (Å²) in [6.45, 7) is 4.75. The Morgan fingerprint density at radius 1 is 1.53 bits per heavy atom. The van der Waals surface area contributed by atoms with Crippen molar-refractivity contribution in [2.75, 3.05) is 13.2 Å². The van der Waals surface area contributed by atoms with E-state index in [1.807, 2.05) is 0 Å². The summed E-state index contributed by atoms with van der Waals surface area (Å²) >= 11 is 0. The maximum absolute atomic E-state index is 11.4. The third-order valence-electron chi connectivity index (χ3n) is 1.84. The Balaban J connectivity index is 2.56. The molecule has 1 aromatic heterocycles. The fraction of sp³-hybridized carbons (Fsp3) is 0.600. The van der Waals surface area contributed by atoms with E-state index in [0.717, 1.165) is 12.8 Å². The van der Waals surface area contributed by atoms with Gasteiger partial charge >= 0.3 is 5.97 Å². The van der Waals surface area contributed by atoms with Crippen LogP contribution in [0.5, 0.6) is 5.88 Å². The minimum absolute atomic E-state index is 0.346. The molecular formula is C10H16N2O3. The zero-order valence-corrected chi connectivity index (χ0v) is 9.08. The summed E-state index contributed by atoms with van der Waals surface area (Å²) < 4.78 is 10.2. The summed E-state index contributed by atoms with van der Waals surface area (Å²) in [5.41, 5.74) is 0.355. The molecule has 0 saturated carbocycles. The van der Waals surface area contributed by atoms with Gasteiger partial charge in [-0.25, -0.2) is 9.89 Å². The summed E-state index contributed by atoms with van der Waals surface area (Å²) in [6.07, 6.45) is 3.41. The number of carbonyl (C=O) groups excluding carboxylic acids is 1. The monoisotopic (exact) mass is 212 g/mol. The summed E-state index contributed by atoms with van der Waals surface area (Å²) in [7, 11) is 0. The maximum atomic E-state index is 11.4. The third kappa shape index (κ3) is 3.27. The lowest BCUT2D eigenvalue weighted by Gasteiger charge is -2.04. The van der Waals surface area contributed by atoms with Gasteiger partial charge in [-0.15, -0.1) is 0 Å². The predicted molar refractivity (Wildman–Crippen MR) is 54.9 cm³/mol. The van der Waals surface area contributed by atoms with E-state index in [1.165, 1.54) is 6.20 Å². The SMILES string of the molecule is CCCCOc1[nH]ncc1C(=O)OCC. The van der Waals surface area contributed by atoms with Crippen LogP contribution in [-0.2, 0) is 4.74 Å². The second-order valence-electron chi connectivity index (χ2n) is 3.04. The van der Waals surface area contributed by atoms with E-state index < -0.39 is 5.97 Å². The van der Waals surface area contributed by atoms with Crippen molar-refractivity contribution in [3.8, 4) is 5.88 Å². The molecule has 0 aliphatic rings. The molecule has 0 amide bonds. The number of aromatic nitrogens is 2. The van der Waals surface area contributed by atoms with Crippen molar-refractivity contribution in [3.05, 3.63) is 11.8 Å². The average Bonchev–Trinajstić information content (AvgIpc) is 2.67. The number of esters is 1. The summed E-state index contributed by atoms with van der Waals surface area (Å²) in [5.74, 6) is -0.0142. The highest BCUT2D eigenvalue weighted by atomic mass is 16.5. The average molecular weight is 212 g/mol. The van der Waals surface area contributed by atoms with Crippen molar-refractivity contribution in [2.45, 2.75) is 26.7 Å². The number of hydrogen-bond donors (Lipinski definition) is 1. The lowest BCUT2D eigenvalue weighted by Crippen LogP contribution is -2.07. The maximum Gasteiger partial charge on any atom is 0.345 e. The van der Waals surface area contributed by atoms with Gasteiger partial charge in [-0.3, -0.25) is 0 Å². The molecule has 1 heterocycles. The summed E-state index contributed by atoms with van der Waals surface area (Å²) in [6, 6.07) is 0. The molecule has 0 aliphatic heterocycles. The molecule has 0 spiro atoms. The van der Waals surface area contributed by atoms with Gasteiger partial charge in [0.2, 0.25) is 5.88 Å². The number of carbonyl (C=O) groups is 1. The Labute approximate surface area is 88.8 Å². The van der Waals surface area contributed by atoms with Crippen molar-refractivity contribution in [2.24, 2.45) is 0 Å². The van der Waals surface area contributed by atoms with E-state index >= 15 is 0 Å². The number of rotatable bonds is 6. The summed E-state index contributed by atoms with van der Waals surface area (Å²) in [5, 5.41) is 6.38. The van der Waals surface area contributed by atoms with Crippen molar-refractivity contribution in [3.63, 3.8) is 0 Å². The Bertz CT molecular complexity index is 309. The Morgan fingerprint density at radius 3 is 3.00 bits per heavy atom. The molecule has 5 heteroatoms. The minimum Gasteiger partial charge on any atom is -0.477 e. The Hall–Kier alpha value is -1.52. The van der Waals surface area contributed by atoms with Gasteiger partial charge in [0.1, 0.15) is 5.56 Å². The van der Waals surface area contributed by atoms with Gasteiger partial charge in [-0.05, 0) is 13.3 Å². The van der Waals surface area contributed by atoms with Gasteiger partial charge in [0.25, 0.3) is 0 Å². The van der Waals surface area contributed by atoms with E-state index in [9.17, 15) is 4.79 Å². The van der Waals surface area contributed by atoms with Crippen molar-refractivity contribution < 1.29 is 14.3 Å². The second kappa shape index (κ2) is 6.06. The first-order valence-electron chi connectivity index (χ1n) is 5.12. The van der Waals surface area contributed by atoms with Crippen LogP contribution in [0, 0.1) is 0 Å². The van der Waals surface area contributed by atoms with Crippen LogP contribution in [0.1, 0.15) is 37.0 Å². The number of nitrogens with zero attached hydrogens (tertiary/aromatic N) is 1. The molecule has 0 radical (unpaired) electrons. The first-order chi connectivity index (χ1) is 7.29. The zero-order valence-electron chi connectivity index (χ0n) is 9.08. The van der Waals surface area contributed by atoms with Crippen molar-refractivity contribution in [1.82, 2.24) is 10.2 Å². The zero-order chi connectivity index (χ0) is 11.1. The fourth-order valence-corrected chi connectivity index (χ4v) is 1.06. The number of aromatic amines is 1. The van der Waals surface area contributed by atoms with Gasteiger partial charge in [0, 0.05) is 0 Å². The molecule has 0 saturated heterocycles. The molecule has 0 atom stereocenters. The number of unbranched alkanes of at least 4 members (excludes halogenated alkanes) is 1. The molecule has 0 unspecified atom stereocenters. The van der Waals surface area contributed by atoms with Crippen LogP contribution in [0.3, 0.4) is 0 Å². The lowest BCUT2D eigenvalue weighted by molar-refractivity contribution is 0.0521. The molecular weight excluding hydrogens is 196 g/mol. The topological polar surface area (TPSA) is 64.2 Å². The van der Waals surface area contributed by atoms with E-state index in [2.05, 4.69) is 17.1 Å². The minimum atomic E-state index is -0.405. The molecule has 0 bridgehead atoms. The van der Waals surface area contributed by atoms with Gasteiger partial charge in [0.15, 0.2) is 0 Å². The third-order valence-corrected chi connectivity index (χ3v) is 1.84. The van der Waals surface area contributed by atoms with Crippen LogP contribution in [0.4, 0.5) is 0 Å². The predicted octanol–water partition coefficient (Wildman–Crippen LogP) is 1.77. The van der Waals surface area contributed by atoms with E-state index in [-0.39, 0.29) is 0 Å². The Kier molecular flexibility index (Phi) is 4.66. The van der Waals surface area contributed by atoms with Crippen LogP contribution in [0.15, 0.2) is 6.20 Å². The standard InChI is InChI=1S/C10H16N2O3/c1-3-5-6-15-9-8(7-11-12-9)10(13)14-4-2/h7H,3-6H2,1-2H3,(H,11,12). The number of nitrogens with one attached hydrogen (secondary N) is 1. The van der Waals surface area contributed by atoms with Gasteiger partial charge in [-0.2, -0.15) is 5.10 Å². The van der Waals surface area contributed by atoms with E-state index in [4.69, 9.17) is 9.47 Å². The highest BCUT2D eigenvalue weighted by Gasteiger charge is 2.15. The van der Waals surface area contributed by atoms with Crippen LogP contribution in [-0.4, -0.2) is 29.4 Å². The Morgan fingerprint density at radius 2 is 2.33 bits per heavy atom. The molecule has 0 fully saturated rings. The molecule has 1 N–H and O–H groups in total. The molecule has 1 aromatic rings. The number of hydrogen-bond acceptors (Lipinski definition) is 4. The number of H-pyrrole nitrogens is 1. The first kappa shape index (κ1) is 11.6. The van der Waals surface area contributed by atoms with Crippen molar-refractivity contribution in [1.29, 1.82) is 0 Å².